The van der Waals surface area contributed by atoms with Crippen LogP contribution >= 0.6 is 0 Å². The van der Waals surface area contributed by atoms with Crippen LogP contribution in [0.4, 0.5) is 5.69 Å². The zero-order chi connectivity index (χ0) is 18.4. The van der Waals surface area contributed by atoms with Crippen LogP contribution in [0.1, 0.15) is 6.42 Å². The van der Waals surface area contributed by atoms with E-state index in [2.05, 4.69) is 9.72 Å². The van der Waals surface area contributed by atoms with Crippen molar-refractivity contribution in [2.24, 2.45) is 5.73 Å². The quantitative estimate of drug-likeness (QED) is 0.334. The van der Waals surface area contributed by atoms with Crippen molar-refractivity contribution in [1.29, 1.82) is 0 Å². The first-order valence-corrected chi connectivity index (χ1v) is 7.08. The maximum Gasteiger partial charge on any atom is 0.326 e. The summed E-state index contributed by atoms with van der Waals surface area (Å²) >= 11 is 0. The number of nitrogens with zero attached hydrogens (tertiary/aromatic N) is 2. The van der Waals surface area contributed by atoms with E-state index < -0.39 is 29.7 Å². The lowest BCUT2D eigenvalue weighted by Crippen LogP contribution is -2.35. The van der Waals surface area contributed by atoms with Gasteiger partial charge in [-0.05, 0) is 18.2 Å². The number of non-ortho nitro benzene ring substituents is 1. The Morgan fingerprint density at radius 2 is 2.12 bits per heavy atom. The highest BCUT2D eigenvalue weighted by atomic mass is 16.7. The molecule has 0 unspecified atom stereocenters. The number of rotatable bonds is 7. The molecule has 0 amide bonds. The lowest BCUT2D eigenvalue weighted by Gasteiger charge is -2.12. The molecular formula is C15H15N3O7. The van der Waals surface area contributed by atoms with E-state index >= 15 is 0 Å². The second kappa shape index (κ2) is 8.02. The average Bonchev–Trinajstić information content (AvgIpc) is 2.61. The van der Waals surface area contributed by atoms with E-state index in [9.17, 15) is 19.7 Å². The van der Waals surface area contributed by atoms with Crippen LogP contribution in [0.2, 0.25) is 0 Å². The summed E-state index contributed by atoms with van der Waals surface area (Å²) < 4.78 is 14.5. The molecule has 10 nitrogen and oxygen atoms in total. The van der Waals surface area contributed by atoms with Crippen molar-refractivity contribution >= 4 is 28.5 Å². The third kappa shape index (κ3) is 4.38. The van der Waals surface area contributed by atoms with Gasteiger partial charge in [-0.1, -0.05) is 0 Å². The molecule has 1 aromatic carbocycles. The Morgan fingerprint density at radius 1 is 1.36 bits per heavy atom. The van der Waals surface area contributed by atoms with Crippen LogP contribution in [0.5, 0.6) is 5.75 Å². The molecule has 1 atom stereocenters. The van der Waals surface area contributed by atoms with Gasteiger partial charge in [-0.25, -0.2) is 0 Å². The molecule has 0 bridgehead atoms. The van der Waals surface area contributed by atoms with Gasteiger partial charge in [0.15, 0.2) is 0 Å². The number of esters is 2. The van der Waals surface area contributed by atoms with Crippen molar-refractivity contribution in [3.8, 4) is 5.75 Å². The molecule has 0 saturated heterocycles. The smallest absolute Gasteiger partial charge is 0.326 e. The second-order valence-corrected chi connectivity index (χ2v) is 4.85. The first-order chi connectivity index (χ1) is 11.9. The molecule has 0 aliphatic rings. The van der Waals surface area contributed by atoms with Gasteiger partial charge in [-0.2, -0.15) is 0 Å². The molecule has 2 rings (SSSR count). The van der Waals surface area contributed by atoms with Crippen molar-refractivity contribution in [2.45, 2.75) is 12.5 Å². The van der Waals surface area contributed by atoms with Gasteiger partial charge in [0.2, 0.25) is 6.79 Å². The Hall–Kier alpha value is -3.27. The molecule has 2 N–H and O–H groups in total. The molecule has 2 aromatic rings. The number of ether oxygens (including phenoxy) is 3. The number of carbonyl (C=O) groups is 2. The second-order valence-electron chi connectivity index (χ2n) is 4.85. The zero-order valence-electron chi connectivity index (χ0n) is 13.2. The Kier molecular flexibility index (Phi) is 5.79. The summed E-state index contributed by atoms with van der Waals surface area (Å²) in [6.45, 7) is -0.489. The van der Waals surface area contributed by atoms with Crippen LogP contribution in [-0.4, -0.2) is 41.8 Å². The largest absolute Gasteiger partial charge is 0.469 e. The Bertz CT molecular complexity index is 809. The molecule has 0 aliphatic carbocycles. The van der Waals surface area contributed by atoms with E-state index in [1.54, 1.807) is 6.07 Å². The first-order valence-electron chi connectivity index (χ1n) is 7.08. The molecule has 132 valence electrons. The number of pyridine rings is 1. The molecule has 25 heavy (non-hydrogen) atoms. The Morgan fingerprint density at radius 3 is 2.80 bits per heavy atom. The number of nitro benzene ring substituents is 1. The van der Waals surface area contributed by atoms with Crippen LogP contribution in [0.25, 0.3) is 10.9 Å². The fourth-order valence-corrected chi connectivity index (χ4v) is 2.01. The number of nitrogens with two attached hydrogens (primary N) is 1. The topological polar surface area (TPSA) is 144 Å². The summed E-state index contributed by atoms with van der Waals surface area (Å²) in [4.78, 5) is 37.3. The van der Waals surface area contributed by atoms with Crippen molar-refractivity contribution in [2.75, 3.05) is 13.9 Å². The first kappa shape index (κ1) is 18.1. The van der Waals surface area contributed by atoms with E-state index in [1.807, 2.05) is 0 Å². The predicted octanol–water partition coefficient (Wildman–Crippen LogP) is 0.913. The molecule has 0 aliphatic heterocycles. The average molecular weight is 349 g/mol. The molecule has 0 saturated carbocycles. The summed E-state index contributed by atoms with van der Waals surface area (Å²) in [5, 5.41) is 11.3. The third-order valence-electron chi connectivity index (χ3n) is 3.24. The molecule has 1 aromatic heterocycles. The van der Waals surface area contributed by atoms with E-state index in [1.165, 1.54) is 31.5 Å². The van der Waals surface area contributed by atoms with E-state index in [0.29, 0.717) is 5.39 Å². The fraction of sp³-hybridized carbons (Fsp3) is 0.267. The van der Waals surface area contributed by atoms with Gasteiger partial charge >= 0.3 is 11.9 Å². The number of nitro groups is 1. The number of carbonyl (C=O) groups excluding carboxylic acids is 2. The highest BCUT2D eigenvalue weighted by Gasteiger charge is 2.20. The number of methoxy groups -OCH3 is 1. The van der Waals surface area contributed by atoms with Gasteiger partial charge in [0.25, 0.3) is 5.69 Å². The minimum absolute atomic E-state index is 0.118. The lowest BCUT2D eigenvalue weighted by atomic mass is 10.1. The lowest BCUT2D eigenvalue weighted by molar-refractivity contribution is -0.383. The molecular weight excluding hydrogens is 334 g/mol. The highest BCUT2D eigenvalue weighted by Crippen LogP contribution is 2.31. The summed E-state index contributed by atoms with van der Waals surface area (Å²) in [6.07, 6.45) is 1.13. The normalized spacial score (nSPS) is 11.6. The summed E-state index contributed by atoms with van der Waals surface area (Å²) in [5.41, 5.74) is 5.64. The molecule has 0 spiro atoms. The number of hydrogen-bond acceptors (Lipinski definition) is 9. The maximum atomic E-state index is 11.7. The number of aromatic nitrogens is 1. The van der Waals surface area contributed by atoms with Crippen molar-refractivity contribution in [3.63, 3.8) is 0 Å². The van der Waals surface area contributed by atoms with Crippen molar-refractivity contribution in [3.05, 3.63) is 40.6 Å². The number of hydrogen-bond donors (Lipinski definition) is 1. The number of benzene rings is 1. The fourth-order valence-electron chi connectivity index (χ4n) is 2.01. The minimum atomic E-state index is -1.18. The SMILES string of the molecule is COC(=O)C[C@H](N)C(=O)OCOc1ccc([N+](=O)[O-])c2cccnc12. The molecule has 0 fully saturated rings. The predicted molar refractivity (Wildman–Crippen MR) is 84.6 cm³/mol. The van der Waals surface area contributed by atoms with Crippen molar-refractivity contribution in [1.82, 2.24) is 4.98 Å². The van der Waals surface area contributed by atoms with Crippen LogP contribution in [0.3, 0.4) is 0 Å². The molecule has 1 heterocycles. The van der Waals surface area contributed by atoms with Crippen LogP contribution in [0, 0.1) is 10.1 Å². The monoisotopic (exact) mass is 349 g/mol. The molecule has 0 radical (unpaired) electrons. The van der Waals surface area contributed by atoms with Gasteiger partial charge in [0.1, 0.15) is 17.3 Å². The van der Waals surface area contributed by atoms with Crippen LogP contribution < -0.4 is 10.5 Å². The molecule has 10 heteroatoms. The van der Waals surface area contributed by atoms with Gasteiger partial charge in [-0.3, -0.25) is 24.7 Å². The van der Waals surface area contributed by atoms with E-state index in [4.69, 9.17) is 15.2 Å². The standard InChI is InChI=1S/C15H15N3O7/c1-23-13(19)7-10(16)15(20)25-8-24-12-5-4-11(18(21)22)9-3-2-6-17-14(9)12/h2-6,10H,7-8,16H2,1H3/t10-/m0/s1. The van der Waals surface area contributed by atoms with Gasteiger partial charge in [-0.15, -0.1) is 0 Å². The van der Waals surface area contributed by atoms with E-state index in [-0.39, 0.29) is 23.4 Å². The maximum absolute atomic E-state index is 11.7. The Balaban J connectivity index is 2.04. The number of fused-ring (bicyclic) bond motifs is 1. The highest BCUT2D eigenvalue weighted by molar-refractivity contribution is 5.92. The zero-order valence-corrected chi connectivity index (χ0v) is 13.2. The van der Waals surface area contributed by atoms with Crippen molar-refractivity contribution < 1.29 is 28.7 Å². The van der Waals surface area contributed by atoms with Crippen LogP contribution in [0.15, 0.2) is 30.5 Å². The van der Waals surface area contributed by atoms with Gasteiger partial charge in [0.05, 0.1) is 23.8 Å². The minimum Gasteiger partial charge on any atom is -0.469 e. The summed E-state index contributed by atoms with van der Waals surface area (Å²) in [5.74, 6) is -1.28. The van der Waals surface area contributed by atoms with Gasteiger partial charge in [0, 0.05) is 12.3 Å². The van der Waals surface area contributed by atoms with Gasteiger partial charge < -0.3 is 19.9 Å². The summed E-state index contributed by atoms with van der Waals surface area (Å²) in [7, 11) is 1.18. The summed E-state index contributed by atoms with van der Waals surface area (Å²) in [6, 6.07) is 4.54. The Labute approximate surface area is 141 Å². The third-order valence-corrected chi connectivity index (χ3v) is 3.24. The van der Waals surface area contributed by atoms with Crippen LogP contribution in [-0.2, 0) is 19.1 Å². The van der Waals surface area contributed by atoms with E-state index in [0.717, 1.165) is 0 Å².